The zero-order valence-corrected chi connectivity index (χ0v) is 41.2. The normalized spacial score (nSPS) is 15.0. The summed E-state index contributed by atoms with van der Waals surface area (Å²) in [6.07, 6.45) is 1.35. The molecule has 21 nitrogen and oxygen atoms in total. The minimum atomic E-state index is -0.573. The molecule has 0 spiro atoms. The molecule has 1 fully saturated rings. The summed E-state index contributed by atoms with van der Waals surface area (Å²) in [7, 11) is 1.70. The second-order valence-corrected chi connectivity index (χ2v) is 16.6. The van der Waals surface area contributed by atoms with Crippen molar-refractivity contribution in [3.63, 3.8) is 0 Å². The minimum Gasteiger partial charge on any atom is -0.425 e. The smallest absolute Gasteiger partial charge is 0.283 e. The van der Waals surface area contributed by atoms with Crippen LogP contribution >= 0.6 is 0 Å². The van der Waals surface area contributed by atoms with Crippen molar-refractivity contribution in [2.75, 3.05) is 98.5 Å². The average molecular weight is 980 g/mol. The molecule has 1 saturated heterocycles. The van der Waals surface area contributed by atoms with Crippen LogP contribution in [0.3, 0.4) is 0 Å². The van der Waals surface area contributed by atoms with Crippen molar-refractivity contribution >= 4 is 11.7 Å². The van der Waals surface area contributed by atoms with Crippen molar-refractivity contribution in [1.82, 2.24) is 43.7 Å². The van der Waals surface area contributed by atoms with E-state index in [0.717, 1.165) is 0 Å². The number of ketones is 1. The summed E-state index contributed by atoms with van der Waals surface area (Å²) in [4.78, 5) is 83.8. The Morgan fingerprint density at radius 2 is 0.957 bits per heavy atom. The molecule has 1 atom stereocenters. The quantitative estimate of drug-likeness (QED) is 0.0579. The van der Waals surface area contributed by atoms with E-state index in [-0.39, 0.29) is 56.5 Å². The maximum atomic E-state index is 13.4. The van der Waals surface area contributed by atoms with Gasteiger partial charge in [0.1, 0.15) is 5.78 Å². The van der Waals surface area contributed by atoms with Gasteiger partial charge in [-0.05, 0) is 30.7 Å². The lowest BCUT2D eigenvalue weighted by atomic mass is 10.0. The number of ether oxygens (including phenoxy) is 3. The molecule has 21 heteroatoms. The van der Waals surface area contributed by atoms with Gasteiger partial charge in [-0.3, -0.25) is 48.4 Å². The van der Waals surface area contributed by atoms with Crippen molar-refractivity contribution in [2.45, 2.75) is 72.1 Å². The van der Waals surface area contributed by atoms with E-state index in [1.54, 1.807) is 54.1 Å². The third-order valence-electron chi connectivity index (χ3n) is 11.9. The predicted octanol–water partition coefficient (Wildman–Crippen LogP) is 1.79. The first-order chi connectivity index (χ1) is 33.8. The van der Waals surface area contributed by atoms with Crippen LogP contribution in [0, 0.1) is 0 Å². The number of rotatable bonds is 24. The van der Waals surface area contributed by atoms with Crippen molar-refractivity contribution in [3.05, 3.63) is 137 Å². The summed E-state index contributed by atoms with van der Waals surface area (Å²) < 4.78 is 20.0. The van der Waals surface area contributed by atoms with Gasteiger partial charge in [0.15, 0.2) is 0 Å². The van der Waals surface area contributed by atoms with Crippen LogP contribution in [0.4, 0.5) is 0 Å². The molecule has 0 radical (unpaired) electrons. The third-order valence-corrected chi connectivity index (χ3v) is 11.9. The Hall–Kier alpha value is -5.94. The van der Waals surface area contributed by atoms with Crippen molar-refractivity contribution < 1.29 is 39.4 Å². The average Bonchev–Trinajstić information content (AvgIpc) is 3.35. The Balaban J connectivity index is 0.00000526. The summed E-state index contributed by atoms with van der Waals surface area (Å²) in [6, 6.07) is 18.2. The molecule has 0 bridgehead atoms. The number of aromatic nitrogens is 4. The number of nitrogens with zero attached hydrogens (tertiary/aromatic N) is 8. The van der Waals surface area contributed by atoms with Gasteiger partial charge in [-0.25, -0.2) is 0 Å². The number of hydrogen-bond acceptors (Lipinski definition) is 16. The van der Waals surface area contributed by atoms with Crippen LogP contribution in [0.5, 0.6) is 0 Å². The van der Waals surface area contributed by atoms with E-state index in [9.17, 15) is 44.4 Å². The fraction of sp³-hybridized carbons (Fsp3) is 0.551. The molecule has 0 aromatic carbocycles. The Morgan fingerprint density at radius 3 is 1.41 bits per heavy atom. The fourth-order valence-corrected chi connectivity index (χ4v) is 7.91. The monoisotopic (exact) mass is 980 g/mol. The Bertz CT molecular complexity index is 2380. The van der Waals surface area contributed by atoms with Crippen molar-refractivity contribution in [3.8, 4) is 0 Å². The number of carbonyl (C=O) groups excluding carboxylic acids is 2. The van der Waals surface area contributed by atoms with E-state index in [2.05, 4.69) is 24.9 Å². The topological polar surface area (TPSA) is 236 Å². The lowest BCUT2D eigenvalue weighted by Crippen LogP contribution is -2.47. The van der Waals surface area contributed by atoms with Gasteiger partial charge >= 0.3 is 0 Å². The SMILES string of the molecule is CC.CCC(=O)CCOCCOCCOCCNC(=O)CCC(c1cccc(=O)n1C)N1CCN(Cc2cccc(=O)n2O)CCN(Cc2cccc(=O)n2O)CCN(Cc2cccc(=O)n2O)CC1. The van der Waals surface area contributed by atoms with Crippen molar-refractivity contribution in [1.29, 1.82) is 0 Å². The first-order valence-electron chi connectivity index (χ1n) is 24.1. The van der Waals surface area contributed by atoms with Crippen LogP contribution in [0.15, 0.2) is 92.0 Å². The highest BCUT2D eigenvalue weighted by Gasteiger charge is 2.27. The van der Waals surface area contributed by atoms with E-state index >= 15 is 0 Å². The molecule has 1 amide bonds. The van der Waals surface area contributed by atoms with Gasteiger partial charge in [-0.2, -0.15) is 14.2 Å². The largest absolute Gasteiger partial charge is 0.425 e. The first-order valence-corrected chi connectivity index (χ1v) is 24.1. The van der Waals surface area contributed by atoms with Crippen LogP contribution < -0.4 is 27.6 Å². The lowest BCUT2D eigenvalue weighted by Gasteiger charge is -2.38. The zero-order chi connectivity index (χ0) is 50.8. The highest BCUT2D eigenvalue weighted by atomic mass is 16.5. The molecular formula is C49H73N9O12. The fourth-order valence-electron chi connectivity index (χ4n) is 7.91. The molecule has 4 aromatic heterocycles. The standard InChI is InChI=1S/C47H67N9O12.C2H6/c1-3-40(57)18-28-66-30-32-68-33-31-67-29-19-48-43(58)17-16-42(41-11-7-12-44(59)49(41)2)53-26-24-51(35-38-9-5-14-46(61)55(38)64)22-20-50(34-37-8-4-13-45(60)54(37)63)21-23-52(25-27-53)36-39-10-6-15-47(62)56(39)65;1-2/h4-15,42,63-65H,3,16-36H2,1-2H3,(H,48,58);1-2H3. The Kier molecular flexibility index (Phi) is 24.8. The summed E-state index contributed by atoms with van der Waals surface area (Å²) >= 11 is 0. The zero-order valence-electron chi connectivity index (χ0n) is 41.2. The molecule has 5 heterocycles. The maximum Gasteiger partial charge on any atom is 0.283 e. The lowest BCUT2D eigenvalue weighted by molar-refractivity contribution is -0.122. The molecule has 1 aliphatic heterocycles. The second-order valence-electron chi connectivity index (χ2n) is 16.6. The van der Waals surface area contributed by atoms with Crippen LogP contribution in [-0.4, -0.2) is 164 Å². The summed E-state index contributed by atoms with van der Waals surface area (Å²) in [5.74, 6) is -0.0430. The third kappa shape index (κ3) is 18.4. The van der Waals surface area contributed by atoms with Gasteiger partial charge in [0.05, 0.1) is 62.8 Å². The van der Waals surface area contributed by atoms with Gasteiger partial charge < -0.3 is 39.7 Å². The highest BCUT2D eigenvalue weighted by molar-refractivity contribution is 5.78. The molecule has 4 N–H and O–H groups in total. The summed E-state index contributed by atoms with van der Waals surface area (Å²) in [5.41, 5.74) is -0.110. The molecule has 0 aliphatic carbocycles. The van der Waals surface area contributed by atoms with Gasteiger partial charge in [0, 0.05) is 135 Å². The molecule has 1 aliphatic rings. The minimum absolute atomic E-state index is 0.122. The molecule has 70 heavy (non-hydrogen) atoms. The van der Waals surface area contributed by atoms with E-state index in [1.165, 1.54) is 24.3 Å². The summed E-state index contributed by atoms with van der Waals surface area (Å²) in [5, 5.41) is 35.0. The molecule has 386 valence electrons. The number of hydrogen-bond donors (Lipinski definition) is 4. The highest BCUT2D eigenvalue weighted by Crippen LogP contribution is 2.26. The molecule has 0 saturated carbocycles. The Morgan fingerprint density at radius 1 is 0.557 bits per heavy atom. The van der Waals surface area contributed by atoms with E-state index in [0.29, 0.717) is 142 Å². The molecule has 5 rings (SSSR count). The van der Waals surface area contributed by atoms with Gasteiger partial charge in [-0.1, -0.05) is 45.0 Å². The molecule has 1 unspecified atom stereocenters. The maximum absolute atomic E-state index is 13.4. The predicted molar refractivity (Wildman–Crippen MR) is 261 cm³/mol. The number of Topliss-reactive ketones (excluding diaryl/α,β-unsaturated/α-hetero) is 1. The molecular weight excluding hydrogens is 907 g/mol. The van der Waals surface area contributed by atoms with Gasteiger partial charge in [0.2, 0.25) is 5.91 Å². The van der Waals surface area contributed by atoms with Crippen LogP contribution in [0.25, 0.3) is 0 Å². The van der Waals surface area contributed by atoms with Gasteiger partial charge in [-0.15, -0.1) is 0 Å². The Labute approximate surface area is 408 Å². The first kappa shape index (κ1) is 56.6. The number of nitrogens with one attached hydrogen (secondary N) is 1. The molecule has 4 aromatic rings. The van der Waals surface area contributed by atoms with Crippen LogP contribution in [0.2, 0.25) is 0 Å². The van der Waals surface area contributed by atoms with Crippen molar-refractivity contribution in [2.24, 2.45) is 7.05 Å². The van der Waals surface area contributed by atoms with Crippen LogP contribution in [0.1, 0.15) is 75.3 Å². The van der Waals surface area contributed by atoms with E-state index in [1.807, 2.05) is 26.8 Å². The van der Waals surface area contributed by atoms with E-state index < -0.39 is 22.7 Å². The number of amides is 1. The second kappa shape index (κ2) is 30.6. The van der Waals surface area contributed by atoms with Gasteiger partial charge in [0.25, 0.3) is 22.2 Å². The summed E-state index contributed by atoms with van der Waals surface area (Å²) in [6.45, 7) is 12.2. The number of carbonyl (C=O) groups is 2. The van der Waals surface area contributed by atoms with E-state index in [4.69, 9.17) is 14.2 Å². The number of pyridine rings is 4. The van der Waals surface area contributed by atoms with Crippen LogP contribution in [-0.2, 0) is 50.5 Å².